The summed E-state index contributed by atoms with van der Waals surface area (Å²) < 4.78 is 28.0. The molecule has 0 aliphatic carbocycles. The lowest BCUT2D eigenvalue weighted by atomic mass is 10.4. The van der Waals surface area contributed by atoms with E-state index in [0.29, 0.717) is 5.69 Å². The Balaban J connectivity index is 2.36. The second-order valence-electron chi connectivity index (χ2n) is 3.60. The van der Waals surface area contributed by atoms with Crippen LogP contribution >= 0.6 is 15.9 Å². The Morgan fingerprint density at radius 3 is 2.61 bits per heavy atom. The number of sulfonamides is 1. The fourth-order valence-electron chi connectivity index (χ4n) is 1.34. The highest BCUT2D eigenvalue weighted by Crippen LogP contribution is 2.20. The minimum Gasteiger partial charge on any atom is -0.277 e. The highest BCUT2D eigenvalue weighted by molar-refractivity contribution is 9.10. The van der Waals surface area contributed by atoms with Gasteiger partial charge < -0.3 is 0 Å². The second kappa shape index (κ2) is 4.65. The molecule has 2 aromatic heterocycles. The molecule has 0 unspecified atom stereocenters. The summed E-state index contributed by atoms with van der Waals surface area (Å²) in [5.74, 6) is 0. The van der Waals surface area contributed by atoms with Crippen LogP contribution in [-0.2, 0) is 17.1 Å². The van der Waals surface area contributed by atoms with Gasteiger partial charge in [-0.25, -0.2) is 4.68 Å². The largest absolute Gasteiger partial charge is 0.281 e. The number of pyridine rings is 1. The van der Waals surface area contributed by atoms with E-state index in [0.717, 1.165) is 5.69 Å². The molecule has 0 spiro atoms. The van der Waals surface area contributed by atoms with E-state index >= 15 is 0 Å². The van der Waals surface area contributed by atoms with Crippen molar-refractivity contribution in [3.63, 3.8) is 0 Å². The molecule has 0 saturated heterocycles. The summed E-state index contributed by atoms with van der Waals surface area (Å²) in [6.45, 7) is 1.82. The highest BCUT2D eigenvalue weighted by atomic mass is 79.9. The third kappa shape index (κ3) is 2.51. The summed E-state index contributed by atoms with van der Waals surface area (Å²) >= 11 is 3.05. The summed E-state index contributed by atoms with van der Waals surface area (Å²) in [5, 5.41) is 7.22. The monoisotopic (exact) mass is 331 g/mol. The maximum atomic E-state index is 12.1. The topological polar surface area (TPSA) is 89.8 Å². The molecule has 0 amide bonds. The van der Waals surface area contributed by atoms with Crippen molar-refractivity contribution >= 4 is 31.6 Å². The number of aromatic nitrogens is 4. The van der Waals surface area contributed by atoms with E-state index in [2.05, 4.69) is 35.9 Å². The van der Waals surface area contributed by atoms with Gasteiger partial charge in [-0.05, 0) is 35.0 Å². The number of hydrogen-bond acceptors (Lipinski definition) is 5. The Labute approximate surface area is 112 Å². The molecule has 18 heavy (non-hydrogen) atoms. The van der Waals surface area contributed by atoms with Gasteiger partial charge in [0.05, 0.1) is 11.9 Å². The number of nitrogens with one attached hydrogen (secondary N) is 1. The van der Waals surface area contributed by atoms with Crippen LogP contribution in [0.2, 0.25) is 0 Å². The van der Waals surface area contributed by atoms with Crippen molar-refractivity contribution in [1.82, 2.24) is 20.0 Å². The van der Waals surface area contributed by atoms with Crippen molar-refractivity contribution in [2.24, 2.45) is 7.05 Å². The van der Waals surface area contributed by atoms with E-state index < -0.39 is 10.0 Å². The van der Waals surface area contributed by atoms with Gasteiger partial charge in [0.1, 0.15) is 0 Å². The molecule has 7 nitrogen and oxygen atoms in total. The molecule has 2 heterocycles. The van der Waals surface area contributed by atoms with Crippen LogP contribution < -0.4 is 4.72 Å². The van der Waals surface area contributed by atoms with Crippen LogP contribution in [0.4, 0.5) is 5.69 Å². The van der Waals surface area contributed by atoms with Gasteiger partial charge in [0.15, 0.2) is 4.60 Å². The van der Waals surface area contributed by atoms with Crippen molar-refractivity contribution < 1.29 is 8.42 Å². The zero-order valence-corrected chi connectivity index (χ0v) is 12.0. The second-order valence-corrected chi connectivity index (χ2v) is 5.95. The van der Waals surface area contributed by atoms with E-state index in [1.807, 2.05) is 6.92 Å². The van der Waals surface area contributed by atoms with Crippen LogP contribution in [-0.4, -0.2) is 28.4 Å². The van der Waals surface area contributed by atoms with Crippen molar-refractivity contribution in [2.45, 2.75) is 11.9 Å². The molecular formula is C9H10BrN5O2S. The van der Waals surface area contributed by atoms with Gasteiger partial charge in [-0.15, -0.1) is 5.10 Å². The van der Waals surface area contributed by atoms with Crippen LogP contribution in [0.1, 0.15) is 5.69 Å². The number of rotatable bonds is 3. The van der Waals surface area contributed by atoms with Crippen molar-refractivity contribution in [2.75, 3.05) is 4.72 Å². The highest BCUT2D eigenvalue weighted by Gasteiger charge is 2.23. The molecule has 0 bridgehead atoms. The number of aryl methyl sites for hydroxylation is 2. The predicted molar refractivity (Wildman–Crippen MR) is 68.5 cm³/mol. The van der Waals surface area contributed by atoms with Gasteiger partial charge in [0.25, 0.3) is 10.0 Å². The summed E-state index contributed by atoms with van der Waals surface area (Å²) in [6.07, 6.45) is 1.45. The van der Waals surface area contributed by atoms with E-state index in [9.17, 15) is 8.42 Å². The van der Waals surface area contributed by atoms with Crippen LogP contribution in [0.25, 0.3) is 0 Å². The van der Waals surface area contributed by atoms with Crippen molar-refractivity contribution in [3.8, 4) is 0 Å². The van der Waals surface area contributed by atoms with Crippen LogP contribution in [0, 0.1) is 6.92 Å². The van der Waals surface area contributed by atoms with Gasteiger partial charge in [-0.2, -0.15) is 8.42 Å². The fraction of sp³-hybridized carbons (Fsp3) is 0.222. The van der Waals surface area contributed by atoms with Crippen LogP contribution in [0.3, 0.4) is 0 Å². The van der Waals surface area contributed by atoms with Crippen molar-refractivity contribution in [1.29, 1.82) is 0 Å². The van der Waals surface area contributed by atoms with Gasteiger partial charge >= 0.3 is 0 Å². The third-order valence-corrected chi connectivity index (χ3v) is 4.42. The lowest BCUT2D eigenvalue weighted by Crippen LogP contribution is -2.17. The normalized spacial score (nSPS) is 11.5. The molecule has 0 saturated carbocycles. The van der Waals surface area contributed by atoms with E-state index in [1.165, 1.54) is 17.9 Å². The molecule has 0 radical (unpaired) electrons. The molecule has 9 heteroatoms. The Morgan fingerprint density at radius 2 is 2.11 bits per heavy atom. The minimum absolute atomic E-state index is 0.0388. The smallest absolute Gasteiger partial charge is 0.277 e. The zero-order chi connectivity index (χ0) is 13.3. The lowest BCUT2D eigenvalue weighted by molar-refractivity contribution is 0.578. The Hall–Kier alpha value is -1.48. The van der Waals surface area contributed by atoms with Gasteiger partial charge in [-0.1, -0.05) is 5.21 Å². The first kappa shape index (κ1) is 13.0. The maximum Gasteiger partial charge on any atom is 0.281 e. The molecule has 0 fully saturated rings. The molecule has 0 atom stereocenters. The Morgan fingerprint density at radius 1 is 1.39 bits per heavy atom. The molecule has 0 aliphatic heterocycles. The Bertz CT molecular complexity index is 645. The first-order valence-electron chi connectivity index (χ1n) is 4.91. The predicted octanol–water partition coefficient (Wildman–Crippen LogP) is 1.08. The molecule has 2 rings (SSSR count). The molecule has 96 valence electrons. The summed E-state index contributed by atoms with van der Waals surface area (Å²) in [5.41, 5.74) is 1.19. The average molecular weight is 332 g/mol. The van der Waals surface area contributed by atoms with E-state index in [4.69, 9.17) is 0 Å². The van der Waals surface area contributed by atoms with Crippen LogP contribution in [0.15, 0.2) is 28.0 Å². The number of hydrogen-bond donors (Lipinski definition) is 1. The first-order valence-corrected chi connectivity index (χ1v) is 7.18. The summed E-state index contributed by atoms with van der Waals surface area (Å²) in [6, 6.07) is 3.35. The molecule has 0 aromatic carbocycles. The van der Waals surface area contributed by atoms with Gasteiger partial charge in [0, 0.05) is 12.7 Å². The SMILES string of the molecule is Cc1ccc(NS(=O)(=O)c2c(Br)nnn2C)cn1. The summed E-state index contributed by atoms with van der Waals surface area (Å²) in [7, 11) is -2.24. The van der Waals surface area contributed by atoms with Gasteiger partial charge in [0.2, 0.25) is 5.03 Å². The first-order chi connectivity index (χ1) is 8.40. The fourth-order valence-corrected chi connectivity index (χ4v) is 3.48. The van der Waals surface area contributed by atoms with Crippen molar-refractivity contribution in [3.05, 3.63) is 28.6 Å². The standard InChI is InChI=1S/C9H10BrN5O2S/c1-6-3-4-7(5-11-6)13-18(16,17)9-8(10)12-14-15(9)2/h3-5,13H,1-2H3. The third-order valence-electron chi connectivity index (χ3n) is 2.16. The maximum absolute atomic E-state index is 12.1. The zero-order valence-electron chi connectivity index (χ0n) is 9.62. The van der Waals surface area contributed by atoms with Crippen LogP contribution in [0.5, 0.6) is 0 Å². The number of anilines is 1. The quantitative estimate of drug-likeness (QED) is 0.908. The van der Waals surface area contributed by atoms with Gasteiger partial charge in [-0.3, -0.25) is 9.71 Å². The number of nitrogens with zero attached hydrogens (tertiary/aromatic N) is 4. The average Bonchev–Trinajstić information content (AvgIpc) is 2.62. The molecule has 0 aliphatic rings. The molecule has 1 N–H and O–H groups in total. The molecule has 2 aromatic rings. The summed E-state index contributed by atoms with van der Waals surface area (Å²) in [4.78, 5) is 4.01. The molecular weight excluding hydrogens is 322 g/mol. The van der Waals surface area contributed by atoms with E-state index in [-0.39, 0.29) is 9.63 Å². The van der Waals surface area contributed by atoms with E-state index in [1.54, 1.807) is 12.1 Å². The Kier molecular flexibility index (Phi) is 3.35. The minimum atomic E-state index is -3.74. The number of halogens is 1. The lowest BCUT2D eigenvalue weighted by Gasteiger charge is -2.07.